The van der Waals surface area contributed by atoms with Gasteiger partial charge in [0.15, 0.2) is 0 Å². The number of carbonyl (C=O) groups excluding carboxylic acids is 2. The van der Waals surface area contributed by atoms with Gasteiger partial charge in [-0.05, 0) is 31.5 Å². The highest BCUT2D eigenvalue weighted by molar-refractivity contribution is 6.01. The summed E-state index contributed by atoms with van der Waals surface area (Å²) in [6, 6.07) is 6.87. The summed E-state index contributed by atoms with van der Waals surface area (Å²) in [7, 11) is 1.33. The minimum Gasteiger partial charge on any atom is -0.465 e. The Kier molecular flexibility index (Phi) is 4.52. The molecule has 0 aromatic heterocycles. The van der Waals surface area contributed by atoms with Crippen molar-refractivity contribution in [1.29, 1.82) is 0 Å². The molecule has 2 N–H and O–H groups in total. The first-order valence-electron chi connectivity index (χ1n) is 6.41. The van der Waals surface area contributed by atoms with Crippen molar-refractivity contribution in [2.75, 3.05) is 25.5 Å². The van der Waals surface area contributed by atoms with E-state index in [1.165, 1.54) is 7.11 Å². The molecule has 1 saturated heterocycles. The number of methoxy groups -OCH3 is 1. The summed E-state index contributed by atoms with van der Waals surface area (Å²) in [4.78, 5) is 23.7. The Morgan fingerprint density at radius 2 is 2.16 bits per heavy atom. The number of amides is 1. The van der Waals surface area contributed by atoms with Crippen LogP contribution in [0.25, 0.3) is 0 Å². The summed E-state index contributed by atoms with van der Waals surface area (Å²) >= 11 is 0. The van der Waals surface area contributed by atoms with Gasteiger partial charge in [-0.2, -0.15) is 0 Å². The fourth-order valence-electron chi connectivity index (χ4n) is 2.19. The van der Waals surface area contributed by atoms with E-state index >= 15 is 0 Å². The molecular formula is C14H18N2O3. The van der Waals surface area contributed by atoms with Crippen LogP contribution in [0.3, 0.4) is 0 Å². The molecule has 0 radical (unpaired) electrons. The van der Waals surface area contributed by atoms with Crippen LogP contribution in [0.5, 0.6) is 0 Å². The summed E-state index contributed by atoms with van der Waals surface area (Å²) in [5, 5.41) is 6.01. The van der Waals surface area contributed by atoms with Crippen LogP contribution < -0.4 is 10.6 Å². The van der Waals surface area contributed by atoms with Gasteiger partial charge in [-0.3, -0.25) is 4.79 Å². The molecule has 1 aliphatic rings. The van der Waals surface area contributed by atoms with E-state index in [9.17, 15) is 9.59 Å². The molecule has 0 saturated carbocycles. The molecule has 2 rings (SSSR count). The summed E-state index contributed by atoms with van der Waals surface area (Å²) in [6.45, 7) is 1.65. The predicted molar refractivity (Wildman–Crippen MR) is 72.0 cm³/mol. The van der Waals surface area contributed by atoms with E-state index in [1.54, 1.807) is 24.3 Å². The van der Waals surface area contributed by atoms with Crippen LogP contribution in [0.4, 0.5) is 5.69 Å². The molecular weight excluding hydrogens is 244 g/mol. The van der Waals surface area contributed by atoms with Gasteiger partial charge < -0.3 is 15.4 Å². The Morgan fingerprint density at radius 1 is 1.37 bits per heavy atom. The van der Waals surface area contributed by atoms with Gasteiger partial charge in [0.05, 0.1) is 24.3 Å². The van der Waals surface area contributed by atoms with Crippen LogP contribution in [0.15, 0.2) is 24.3 Å². The van der Waals surface area contributed by atoms with E-state index in [0.29, 0.717) is 17.8 Å². The van der Waals surface area contributed by atoms with Crippen molar-refractivity contribution in [2.24, 2.45) is 5.92 Å². The Balaban J connectivity index is 2.09. The zero-order valence-corrected chi connectivity index (χ0v) is 10.9. The molecule has 19 heavy (non-hydrogen) atoms. The molecule has 5 nitrogen and oxygen atoms in total. The lowest BCUT2D eigenvalue weighted by Crippen LogP contribution is -2.37. The van der Waals surface area contributed by atoms with Crippen molar-refractivity contribution in [3.63, 3.8) is 0 Å². The van der Waals surface area contributed by atoms with Gasteiger partial charge in [-0.15, -0.1) is 0 Å². The quantitative estimate of drug-likeness (QED) is 0.808. The maximum Gasteiger partial charge on any atom is 0.339 e. The third-order valence-corrected chi connectivity index (χ3v) is 3.26. The van der Waals surface area contributed by atoms with Crippen LogP contribution in [0.1, 0.15) is 23.2 Å². The number of rotatable bonds is 3. The van der Waals surface area contributed by atoms with Crippen LogP contribution >= 0.6 is 0 Å². The highest BCUT2D eigenvalue weighted by atomic mass is 16.5. The number of ether oxygens (including phenoxy) is 1. The summed E-state index contributed by atoms with van der Waals surface area (Å²) in [5.41, 5.74) is 0.882. The first-order valence-corrected chi connectivity index (χ1v) is 6.41. The number of carbonyl (C=O) groups is 2. The van der Waals surface area contributed by atoms with E-state index in [0.717, 1.165) is 19.4 Å². The highest BCUT2D eigenvalue weighted by Crippen LogP contribution is 2.18. The van der Waals surface area contributed by atoms with Crippen molar-refractivity contribution >= 4 is 17.6 Å². The fraction of sp³-hybridized carbons (Fsp3) is 0.429. The third kappa shape index (κ3) is 3.32. The van der Waals surface area contributed by atoms with E-state index < -0.39 is 5.97 Å². The van der Waals surface area contributed by atoms with Gasteiger partial charge in [0.25, 0.3) is 0 Å². The lowest BCUT2D eigenvalue weighted by molar-refractivity contribution is -0.120. The molecule has 1 aromatic rings. The second-order valence-electron chi connectivity index (χ2n) is 4.57. The van der Waals surface area contributed by atoms with E-state index in [1.807, 2.05) is 0 Å². The number of esters is 1. The maximum absolute atomic E-state index is 12.1. The number of benzene rings is 1. The van der Waals surface area contributed by atoms with Crippen molar-refractivity contribution in [3.05, 3.63) is 29.8 Å². The van der Waals surface area contributed by atoms with Crippen molar-refractivity contribution < 1.29 is 14.3 Å². The maximum atomic E-state index is 12.1. The second kappa shape index (κ2) is 6.33. The number of nitrogens with one attached hydrogen (secondary N) is 2. The Hall–Kier alpha value is -1.88. The average Bonchev–Trinajstić information content (AvgIpc) is 2.48. The number of hydrogen-bond donors (Lipinski definition) is 2. The molecule has 5 heteroatoms. The van der Waals surface area contributed by atoms with Crippen LogP contribution in [-0.2, 0) is 9.53 Å². The lowest BCUT2D eigenvalue weighted by Gasteiger charge is -2.22. The molecule has 1 amide bonds. The molecule has 1 heterocycles. The van der Waals surface area contributed by atoms with Crippen LogP contribution in [0, 0.1) is 5.92 Å². The molecule has 0 aliphatic carbocycles. The monoisotopic (exact) mass is 262 g/mol. The number of piperidine rings is 1. The molecule has 1 atom stereocenters. The predicted octanol–water partition coefficient (Wildman–Crippen LogP) is 1.41. The van der Waals surface area contributed by atoms with Gasteiger partial charge in [-0.25, -0.2) is 4.79 Å². The molecule has 1 aromatic carbocycles. The van der Waals surface area contributed by atoms with Crippen LogP contribution in [0.2, 0.25) is 0 Å². The summed E-state index contributed by atoms with van der Waals surface area (Å²) < 4.78 is 4.70. The Bertz CT molecular complexity index is 468. The van der Waals surface area contributed by atoms with Crippen LogP contribution in [-0.4, -0.2) is 32.1 Å². The molecule has 1 fully saturated rings. The largest absolute Gasteiger partial charge is 0.465 e. The zero-order valence-electron chi connectivity index (χ0n) is 10.9. The van der Waals surface area contributed by atoms with Crippen molar-refractivity contribution in [1.82, 2.24) is 5.32 Å². The van der Waals surface area contributed by atoms with Crippen molar-refractivity contribution in [2.45, 2.75) is 12.8 Å². The summed E-state index contributed by atoms with van der Waals surface area (Å²) in [5.74, 6) is -0.541. The number of hydrogen-bond acceptors (Lipinski definition) is 4. The third-order valence-electron chi connectivity index (χ3n) is 3.26. The topological polar surface area (TPSA) is 67.4 Å². The smallest absolute Gasteiger partial charge is 0.339 e. The molecule has 0 spiro atoms. The Labute approximate surface area is 112 Å². The van der Waals surface area contributed by atoms with E-state index in [-0.39, 0.29) is 11.8 Å². The van der Waals surface area contributed by atoms with Gasteiger partial charge in [0.2, 0.25) is 5.91 Å². The fourth-order valence-corrected chi connectivity index (χ4v) is 2.19. The average molecular weight is 262 g/mol. The number of para-hydroxylation sites is 1. The summed E-state index contributed by atoms with van der Waals surface area (Å²) in [6.07, 6.45) is 1.87. The van der Waals surface area contributed by atoms with E-state index in [2.05, 4.69) is 10.6 Å². The molecule has 1 aliphatic heterocycles. The van der Waals surface area contributed by atoms with Gasteiger partial charge in [0, 0.05) is 6.54 Å². The minimum atomic E-state index is -0.447. The normalized spacial score (nSPS) is 18.7. The Morgan fingerprint density at radius 3 is 2.84 bits per heavy atom. The second-order valence-corrected chi connectivity index (χ2v) is 4.57. The van der Waals surface area contributed by atoms with Crippen molar-refractivity contribution in [3.8, 4) is 0 Å². The molecule has 0 bridgehead atoms. The lowest BCUT2D eigenvalue weighted by atomic mass is 9.98. The molecule has 0 unspecified atom stereocenters. The first-order chi connectivity index (χ1) is 9.22. The SMILES string of the molecule is COC(=O)c1ccccc1NC(=O)[C@@H]1CCCNC1. The van der Waals surface area contributed by atoms with Gasteiger partial charge in [-0.1, -0.05) is 12.1 Å². The van der Waals surface area contributed by atoms with Gasteiger partial charge >= 0.3 is 5.97 Å². The number of anilines is 1. The van der Waals surface area contributed by atoms with E-state index in [4.69, 9.17) is 4.74 Å². The first kappa shape index (κ1) is 13.5. The highest BCUT2D eigenvalue weighted by Gasteiger charge is 2.22. The standard InChI is InChI=1S/C14H18N2O3/c1-19-14(18)11-6-2-3-7-12(11)16-13(17)10-5-4-8-15-9-10/h2-3,6-7,10,15H,4-5,8-9H2,1H3,(H,16,17)/t10-/m1/s1. The van der Waals surface area contributed by atoms with Gasteiger partial charge in [0.1, 0.15) is 0 Å². The molecule has 102 valence electrons. The zero-order chi connectivity index (χ0) is 13.7. The minimum absolute atomic E-state index is 0.0422.